The normalized spacial score (nSPS) is 10.8. The summed E-state index contributed by atoms with van der Waals surface area (Å²) in [7, 11) is 4.58. The lowest BCUT2D eigenvalue weighted by molar-refractivity contribution is -0.385. The van der Waals surface area contributed by atoms with Crippen molar-refractivity contribution in [2.45, 2.75) is 5.16 Å². The van der Waals surface area contributed by atoms with Crippen molar-refractivity contribution in [3.05, 3.63) is 82.4 Å². The van der Waals surface area contributed by atoms with Crippen molar-refractivity contribution in [3.8, 4) is 34.3 Å². The molecule has 1 aromatic heterocycles. The van der Waals surface area contributed by atoms with Crippen LogP contribution in [-0.2, 0) is 4.79 Å². The van der Waals surface area contributed by atoms with E-state index < -0.39 is 10.8 Å². The predicted octanol–water partition coefficient (Wildman–Crippen LogP) is 4.11. The van der Waals surface area contributed by atoms with Crippen LogP contribution >= 0.6 is 11.8 Å². The summed E-state index contributed by atoms with van der Waals surface area (Å²) in [5.41, 5.74) is 3.99. The number of rotatable bonds is 11. The first-order valence-corrected chi connectivity index (χ1v) is 12.4. The molecule has 0 unspecified atom stereocenters. The first kappa shape index (κ1) is 27.1. The molecule has 4 aromatic rings. The summed E-state index contributed by atoms with van der Waals surface area (Å²) in [4.78, 5) is 23.1. The van der Waals surface area contributed by atoms with Gasteiger partial charge >= 0.3 is 0 Å². The molecular formula is C26H24N6O6S. The lowest BCUT2D eigenvalue weighted by atomic mass is 10.1. The van der Waals surface area contributed by atoms with Crippen LogP contribution in [0.25, 0.3) is 17.1 Å². The number of hydrazone groups is 1. The number of aromatic nitrogens is 3. The Hall–Kier alpha value is -4.91. The van der Waals surface area contributed by atoms with Crippen molar-refractivity contribution in [1.29, 1.82) is 0 Å². The van der Waals surface area contributed by atoms with Crippen molar-refractivity contribution in [3.63, 3.8) is 0 Å². The second-order valence-electron chi connectivity index (χ2n) is 7.79. The Balaban J connectivity index is 1.58. The summed E-state index contributed by atoms with van der Waals surface area (Å²) >= 11 is 1.16. The van der Waals surface area contributed by atoms with Crippen molar-refractivity contribution >= 4 is 29.6 Å². The summed E-state index contributed by atoms with van der Waals surface area (Å²) < 4.78 is 18.2. The number of nitro benzene ring substituents is 1. The Morgan fingerprint density at radius 2 is 1.69 bits per heavy atom. The predicted molar refractivity (Wildman–Crippen MR) is 146 cm³/mol. The molecule has 1 amide bonds. The number of benzene rings is 3. The van der Waals surface area contributed by atoms with Gasteiger partial charge in [-0.15, -0.1) is 10.2 Å². The molecule has 0 spiro atoms. The van der Waals surface area contributed by atoms with E-state index in [0.29, 0.717) is 33.8 Å². The molecule has 13 heteroatoms. The molecule has 3 aromatic carbocycles. The SMILES string of the molecule is COc1cc(-c2nnc(SCC(=O)N/N=C/c3ccccc3[N+](=O)[O-])n2-c2ccccc2)cc(OC)c1OC. The topological polar surface area (TPSA) is 143 Å². The molecular weight excluding hydrogens is 524 g/mol. The molecule has 4 rings (SSSR count). The maximum atomic E-state index is 12.5. The number of carbonyl (C=O) groups is 1. The molecule has 0 fully saturated rings. The molecule has 12 nitrogen and oxygen atoms in total. The van der Waals surface area contributed by atoms with Crippen LogP contribution in [0.3, 0.4) is 0 Å². The van der Waals surface area contributed by atoms with Crippen molar-refractivity contribution in [1.82, 2.24) is 20.2 Å². The minimum atomic E-state index is -0.513. The number of nitrogens with zero attached hydrogens (tertiary/aromatic N) is 5. The van der Waals surface area contributed by atoms with Crippen molar-refractivity contribution < 1.29 is 23.9 Å². The third kappa shape index (κ3) is 6.15. The molecule has 1 N–H and O–H groups in total. The Morgan fingerprint density at radius 1 is 1.03 bits per heavy atom. The zero-order valence-corrected chi connectivity index (χ0v) is 22.0. The molecule has 0 saturated carbocycles. The van der Waals surface area contributed by atoms with Gasteiger partial charge in [-0.25, -0.2) is 5.43 Å². The average Bonchev–Trinajstić information content (AvgIpc) is 3.39. The summed E-state index contributed by atoms with van der Waals surface area (Å²) in [5, 5.41) is 24.2. The van der Waals surface area contributed by atoms with Gasteiger partial charge in [0.15, 0.2) is 22.5 Å². The zero-order chi connectivity index (χ0) is 27.8. The fourth-order valence-corrected chi connectivity index (χ4v) is 4.41. The van der Waals surface area contributed by atoms with E-state index in [1.54, 1.807) is 24.3 Å². The number of carbonyl (C=O) groups excluding carboxylic acids is 1. The van der Waals surface area contributed by atoms with Crippen LogP contribution in [-0.4, -0.2) is 58.9 Å². The molecule has 1 heterocycles. The second kappa shape index (κ2) is 12.6. The van der Waals surface area contributed by atoms with Gasteiger partial charge in [0.05, 0.1) is 43.8 Å². The van der Waals surface area contributed by atoms with Crippen LogP contribution in [0.5, 0.6) is 17.2 Å². The molecule has 200 valence electrons. The van der Waals surface area contributed by atoms with Crippen LogP contribution in [0.2, 0.25) is 0 Å². The van der Waals surface area contributed by atoms with E-state index in [4.69, 9.17) is 14.2 Å². The number of methoxy groups -OCH3 is 3. The Morgan fingerprint density at radius 3 is 2.33 bits per heavy atom. The highest BCUT2D eigenvalue weighted by Crippen LogP contribution is 2.41. The number of thioether (sulfide) groups is 1. The van der Waals surface area contributed by atoms with E-state index in [1.807, 2.05) is 34.9 Å². The van der Waals surface area contributed by atoms with Crippen LogP contribution in [0, 0.1) is 10.1 Å². The van der Waals surface area contributed by atoms with Gasteiger partial charge in [0.25, 0.3) is 11.6 Å². The van der Waals surface area contributed by atoms with Crippen LogP contribution in [0.1, 0.15) is 5.56 Å². The smallest absolute Gasteiger partial charge is 0.278 e. The second-order valence-corrected chi connectivity index (χ2v) is 8.73. The number of ether oxygens (including phenoxy) is 3. The summed E-state index contributed by atoms with van der Waals surface area (Å²) in [5.74, 6) is 1.40. The van der Waals surface area contributed by atoms with Gasteiger partial charge in [-0.1, -0.05) is 42.1 Å². The van der Waals surface area contributed by atoms with Gasteiger partial charge in [-0.05, 0) is 30.3 Å². The fraction of sp³-hybridized carbons (Fsp3) is 0.154. The van der Waals surface area contributed by atoms with E-state index in [0.717, 1.165) is 17.4 Å². The van der Waals surface area contributed by atoms with Gasteiger partial charge in [0.1, 0.15) is 0 Å². The lowest BCUT2D eigenvalue weighted by Crippen LogP contribution is -2.20. The number of nitrogens with one attached hydrogen (secondary N) is 1. The van der Waals surface area contributed by atoms with Gasteiger partial charge in [-0.3, -0.25) is 19.5 Å². The average molecular weight is 549 g/mol. The van der Waals surface area contributed by atoms with Crippen LogP contribution in [0.15, 0.2) is 77.0 Å². The quantitative estimate of drug-likeness (QED) is 0.127. The van der Waals surface area contributed by atoms with E-state index in [-0.39, 0.29) is 17.0 Å². The summed E-state index contributed by atoms with van der Waals surface area (Å²) in [6.45, 7) is 0. The Bertz CT molecular complexity index is 1480. The molecule has 0 saturated heterocycles. The fourth-order valence-electron chi connectivity index (χ4n) is 3.67. The van der Waals surface area contributed by atoms with Crippen LogP contribution in [0.4, 0.5) is 5.69 Å². The van der Waals surface area contributed by atoms with Crippen LogP contribution < -0.4 is 19.6 Å². The van der Waals surface area contributed by atoms with Gasteiger partial charge in [0.2, 0.25) is 5.75 Å². The van der Waals surface area contributed by atoms with E-state index in [2.05, 4.69) is 20.7 Å². The van der Waals surface area contributed by atoms with E-state index in [1.165, 1.54) is 39.7 Å². The number of amides is 1. The monoisotopic (exact) mass is 548 g/mol. The molecule has 0 radical (unpaired) electrons. The largest absolute Gasteiger partial charge is 0.493 e. The summed E-state index contributed by atoms with van der Waals surface area (Å²) in [6.07, 6.45) is 1.23. The maximum Gasteiger partial charge on any atom is 0.278 e. The third-order valence-corrected chi connectivity index (χ3v) is 6.36. The first-order valence-electron chi connectivity index (χ1n) is 11.5. The minimum absolute atomic E-state index is 0.0333. The van der Waals surface area contributed by atoms with Gasteiger partial charge in [0, 0.05) is 17.3 Å². The standard InChI is InChI=1S/C26H24N6O6S/c1-36-21-13-18(14-22(37-2)24(21)38-3)25-29-30-26(31(25)19-10-5-4-6-11-19)39-16-23(33)28-27-15-17-9-7-8-12-20(17)32(34)35/h4-15H,16H2,1-3H3,(H,28,33)/b27-15+. The highest BCUT2D eigenvalue weighted by atomic mass is 32.2. The number of hydrogen-bond acceptors (Lipinski definition) is 10. The molecule has 0 bridgehead atoms. The molecule has 0 aliphatic carbocycles. The summed E-state index contributed by atoms with van der Waals surface area (Å²) in [6, 6.07) is 19.1. The third-order valence-electron chi connectivity index (χ3n) is 5.43. The van der Waals surface area contributed by atoms with E-state index >= 15 is 0 Å². The minimum Gasteiger partial charge on any atom is -0.493 e. The van der Waals surface area contributed by atoms with Crippen molar-refractivity contribution in [2.24, 2.45) is 5.10 Å². The molecule has 39 heavy (non-hydrogen) atoms. The van der Waals surface area contributed by atoms with Crippen molar-refractivity contribution in [2.75, 3.05) is 27.1 Å². The number of nitro groups is 1. The van der Waals surface area contributed by atoms with E-state index in [9.17, 15) is 14.9 Å². The first-order chi connectivity index (χ1) is 19.0. The maximum absolute atomic E-state index is 12.5. The molecule has 0 aliphatic heterocycles. The zero-order valence-electron chi connectivity index (χ0n) is 21.2. The highest BCUT2D eigenvalue weighted by Gasteiger charge is 2.21. The number of hydrogen-bond donors (Lipinski definition) is 1. The molecule has 0 atom stereocenters. The van der Waals surface area contributed by atoms with Gasteiger partial charge in [-0.2, -0.15) is 5.10 Å². The lowest BCUT2D eigenvalue weighted by Gasteiger charge is -2.15. The number of para-hydroxylation sites is 2. The highest BCUT2D eigenvalue weighted by molar-refractivity contribution is 7.99. The molecule has 0 aliphatic rings. The van der Waals surface area contributed by atoms with Gasteiger partial charge < -0.3 is 14.2 Å². The Kier molecular flexibility index (Phi) is 8.74. The Labute approximate surface area is 227 Å².